The van der Waals surface area contributed by atoms with Crippen LogP contribution < -0.4 is 10.6 Å². The summed E-state index contributed by atoms with van der Waals surface area (Å²) >= 11 is 5.53. The van der Waals surface area contributed by atoms with Gasteiger partial charge in [-0.2, -0.15) is 5.10 Å². The number of nitrogens with one attached hydrogen (secondary N) is 2. The number of benzene rings is 1. The fraction of sp³-hybridized carbons (Fsp3) is 0.280. The molecule has 0 saturated heterocycles. The van der Waals surface area contributed by atoms with Gasteiger partial charge in [-0.1, -0.05) is 36.5 Å². The first-order chi connectivity index (χ1) is 15.9. The van der Waals surface area contributed by atoms with Crippen LogP contribution in [0.4, 0.5) is 5.69 Å². The number of pyridine rings is 1. The van der Waals surface area contributed by atoms with Gasteiger partial charge in [0.25, 0.3) is 0 Å². The number of aromatic nitrogens is 4. The molecule has 1 saturated carbocycles. The second-order valence-electron chi connectivity index (χ2n) is 9.05. The van der Waals surface area contributed by atoms with E-state index in [1.165, 1.54) is 12.8 Å². The van der Waals surface area contributed by atoms with Gasteiger partial charge in [-0.05, 0) is 44.9 Å². The number of hydrogen-bond acceptors (Lipinski definition) is 6. The maximum Gasteiger partial charge on any atom is 0.177 e. The summed E-state index contributed by atoms with van der Waals surface area (Å²) in [4.78, 5) is 9.54. The lowest BCUT2D eigenvalue weighted by Gasteiger charge is -2.19. The zero-order valence-electron chi connectivity index (χ0n) is 18.6. The van der Waals surface area contributed by atoms with E-state index in [1.807, 2.05) is 53.2 Å². The lowest BCUT2D eigenvalue weighted by molar-refractivity contribution is 0.0945. The number of nitrogens with zero attached hydrogens (tertiary/aromatic N) is 4. The van der Waals surface area contributed by atoms with E-state index >= 15 is 0 Å². The molecule has 0 radical (unpaired) electrons. The molecule has 33 heavy (non-hydrogen) atoms. The Morgan fingerprint density at radius 2 is 1.85 bits per heavy atom. The molecule has 0 bridgehead atoms. The number of imidazole rings is 1. The SMILES string of the molecule is CC(C)(O)CNc1cc(-c2ccncc2)nn2c(-c3ccc(C(=S)NC4CC4)cc3)cnc12. The Labute approximate surface area is 197 Å². The van der Waals surface area contributed by atoms with Crippen LogP contribution in [0.15, 0.2) is 61.1 Å². The van der Waals surface area contributed by atoms with Crippen LogP contribution in [0.1, 0.15) is 32.3 Å². The van der Waals surface area contributed by atoms with Gasteiger partial charge in [0.2, 0.25) is 0 Å². The molecule has 168 valence electrons. The van der Waals surface area contributed by atoms with Crippen LogP contribution in [0, 0.1) is 0 Å². The standard InChI is InChI=1S/C25H26N6OS/c1-25(2,32)15-28-21-13-20(16-9-11-26-12-10-16)30-31-22(14-27-23(21)31)17-3-5-18(6-4-17)24(33)29-19-7-8-19/h3-6,9-14,19,28,32H,7-8,15H2,1-2H3,(H,29,33). The Morgan fingerprint density at radius 3 is 2.52 bits per heavy atom. The van der Waals surface area contributed by atoms with E-state index in [4.69, 9.17) is 17.3 Å². The van der Waals surface area contributed by atoms with E-state index in [2.05, 4.69) is 20.6 Å². The van der Waals surface area contributed by atoms with Gasteiger partial charge in [0, 0.05) is 41.7 Å². The van der Waals surface area contributed by atoms with Crippen LogP contribution in [0.3, 0.4) is 0 Å². The van der Waals surface area contributed by atoms with Gasteiger partial charge in [-0.25, -0.2) is 9.50 Å². The zero-order chi connectivity index (χ0) is 23.0. The van der Waals surface area contributed by atoms with E-state index in [0.717, 1.165) is 38.8 Å². The predicted molar refractivity (Wildman–Crippen MR) is 134 cm³/mol. The molecule has 8 heteroatoms. The van der Waals surface area contributed by atoms with Crippen molar-refractivity contribution in [3.8, 4) is 22.5 Å². The Hall–Kier alpha value is -3.36. The highest BCUT2D eigenvalue weighted by Gasteiger charge is 2.22. The third-order valence-corrected chi connectivity index (χ3v) is 5.86. The van der Waals surface area contributed by atoms with Gasteiger partial charge in [0.05, 0.1) is 28.9 Å². The molecule has 0 spiro atoms. The van der Waals surface area contributed by atoms with Gasteiger partial charge in [-0.15, -0.1) is 0 Å². The van der Waals surface area contributed by atoms with Crippen LogP contribution in [0.5, 0.6) is 0 Å². The summed E-state index contributed by atoms with van der Waals surface area (Å²) in [6.07, 6.45) is 7.70. The lowest BCUT2D eigenvalue weighted by Crippen LogP contribution is -2.29. The van der Waals surface area contributed by atoms with Crippen LogP contribution in [-0.2, 0) is 0 Å². The molecule has 7 nitrogen and oxygen atoms in total. The van der Waals surface area contributed by atoms with Gasteiger partial charge < -0.3 is 15.7 Å². The minimum absolute atomic E-state index is 0.380. The predicted octanol–water partition coefficient (Wildman–Crippen LogP) is 4.07. The van der Waals surface area contributed by atoms with E-state index in [-0.39, 0.29) is 0 Å². The van der Waals surface area contributed by atoms with E-state index in [0.29, 0.717) is 18.2 Å². The second kappa shape index (κ2) is 8.53. The number of rotatable bonds is 7. The van der Waals surface area contributed by atoms with Crippen LogP contribution in [0.25, 0.3) is 28.2 Å². The smallest absolute Gasteiger partial charge is 0.177 e. The number of fused-ring (bicyclic) bond motifs is 1. The molecular formula is C25H26N6OS. The van der Waals surface area contributed by atoms with Crippen molar-refractivity contribution < 1.29 is 5.11 Å². The monoisotopic (exact) mass is 458 g/mol. The summed E-state index contributed by atoms with van der Waals surface area (Å²) in [5.74, 6) is 0. The van der Waals surface area contributed by atoms with Crippen molar-refractivity contribution in [2.24, 2.45) is 0 Å². The number of aliphatic hydroxyl groups is 1. The molecule has 1 aromatic carbocycles. The molecular weight excluding hydrogens is 432 g/mol. The molecule has 3 N–H and O–H groups in total. The van der Waals surface area contributed by atoms with Crippen molar-refractivity contribution in [1.82, 2.24) is 24.9 Å². The Bertz CT molecular complexity index is 1290. The van der Waals surface area contributed by atoms with E-state index < -0.39 is 5.60 Å². The number of thiocarbonyl (C=S) groups is 1. The van der Waals surface area contributed by atoms with Crippen molar-refractivity contribution in [2.45, 2.75) is 38.3 Å². The minimum atomic E-state index is -0.866. The number of anilines is 1. The van der Waals surface area contributed by atoms with E-state index in [9.17, 15) is 5.11 Å². The first-order valence-electron chi connectivity index (χ1n) is 11.0. The highest BCUT2D eigenvalue weighted by molar-refractivity contribution is 7.80. The van der Waals surface area contributed by atoms with Crippen molar-refractivity contribution >= 4 is 28.5 Å². The molecule has 1 aliphatic carbocycles. The molecule has 1 fully saturated rings. The summed E-state index contributed by atoms with van der Waals surface area (Å²) in [5, 5.41) is 21.8. The third kappa shape index (κ3) is 4.86. The van der Waals surface area contributed by atoms with E-state index in [1.54, 1.807) is 26.2 Å². The molecule has 1 aliphatic rings. The molecule has 0 aliphatic heterocycles. The Morgan fingerprint density at radius 1 is 1.12 bits per heavy atom. The summed E-state index contributed by atoms with van der Waals surface area (Å²) < 4.78 is 1.85. The minimum Gasteiger partial charge on any atom is -0.389 e. The maximum atomic E-state index is 10.2. The van der Waals surface area contributed by atoms with Crippen molar-refractivity contribution in [3.05, 3.63) is 66.6 Å². The Kier molecular flexibility index (Phi) is 5.55. The van der Waals surface area contributed by atoms with Crippen molar-refractivity contribution in [2.75, 3.05) is 11.9 Å². The largest absolute Gasteiger partial charge is 0.389 e. The average Bonchev–Trinajstić information content (AvgIpc) is 3.52. The number of hydrogen-bond donors (Lipinski definition) is 3. The zero-order valence-corrected chi connectivity index (χ0v) is 19.4. The van der Waals surface area contributed by atoms with Gasteiger partial charge >= 0.3 is 0 Å². The molecule has 0 unspecified atom stereocenters. The molecule has 5 rings (SSSR count). The normalized spacial score (nSPS) is 13.8. The highest BCUT2D eigenvalue weighted by atomic mass is 32.1. The van der Waals surface area contributed by atoms with Gasteiger partial charge in [0.1, 0.15) is 4.99 Å². The van der Waals surface area contributed by atoms with Crippen LogP contribution in [0.2, 0.25) is 0 Å². The van der Waals surface area contributed by atoms with Crippen LogP contribution in [-0.4, -0.2) is 47.9 Å². The van der Waals surface area contributed by atoms with Gasteiger partial charge in [0.15, 0.2) is 5.65 Å². The van der Waals surface area contributed by atoms with Crippen LogP contribution >= 0.6 is 12.2 Å². The van der Waals surface area contributed by atoms with Gasteiger partial charge in [-0.3, -0.25) is 4.98 Å². The van der Waals surface area contributed by atoms with Crippen molar-refractivity contribution in [3.63, 3.8) is 0 Å². The lowest BCUT2D eigenvalue weighted by atomic mass is 10.1. The molecule has 4 aromatic rings. The molecule has 3 aromatic heterocycles. The summed E-state index contributed by atoms with van der Waals surface area (Å²) in [7, 11) is 0. The fourth-order valence-corrected chi connectivity index (χ4v) is 3.86. The first kappa shape index (κ1) is 21.5. The summed E-state index contributed by atoms with van der Waals surface area (Å²) in [5.41, 5.74) is 5.24. The second-order valence-corrected chi connectivity index (χ2v) is 9.46. The summed E-state index contributed by atoms with van der Waals surface area (Å²) in [6.45, 7) is 3.91. The first-order valence-corrected chi connectivity index (χ1v) is 11.4. The molecule has 0 atom stereocenters. The molecule has 3 heterocycles. The molecule has 0 amide bonds. The fourth-order valence-electron chi connectivity index (χ4n) is 3.56. The van der Waals surface area contributed by atoms with Crippen molar-refractivity contribution in [1.29, 1.82) is 0 Å². The maximum absolute atomic E-state index is 10.2. The highest BCUT2D eigenvalue weighted by Crippen LogP contribution is 2.28. The summed E-state index contributed by atoms with van der Waals surface area (Å²) in [6, 6.07) is 14.5. The third-order valence-electron chi connectivity index (χ3n) is 5.51. The Balaban J connectivity index is 1.54. The quantitative estimate of drug-likeness (QED) is 0.360. The topological polar surface area (TPSA) is 87.4 Å². The average molecular weight is 459 g/mol.